The van der Waals surface area contributed by atoms with Gasteiger partial charge in [-0.25, -0.2) is 0 Å². The minimum atomic E-state index is -0.917. The van der Waals surface area contributed by atoms with Gasteiger partial charge in [-0.05, 0) is 30.4 Å². The van der Waals surface area contributed by atoms with Gasteiger partial charge in [-0.2, -0.15) is 0 Å². The second kappa shape index (κ2) is 5.95. The number of rotatable bonds is 5. The summed E-state index contributed by atoms with van der Waals surface area (Å²) in [5.74, 6) is -1.41. The summed E-state index contributed by atoms with van der Waals surface area (Å²) in [5, 5.41) is 12.3. The van der Waals surface area contributed by atoms with Crippen molar-refractivity contribution in [2.24, 2.45) is 23.7 Å². The first-order chi connectivity index (χ1) is 11.0. The predicted octanol–water partition coefficient (Wildman–Crippen LogP) is 2.17. The summed E-state index contributed by atoms with van der Waals surface area (Å²) in [6.45, 7) is 0. The molecule has 0 unspecified atom stereocenters. The van der Waals surface area contributed by atoms with Crippen molar-refractivity contribution in [1.29, 1.82) is 0 Å². The number of anilines is 1. The van der Waals surface area contributed by atoms with Crippen molar-refractivity contribution < 1.29 is 24.2 Å². The van der Waals surface area contributed by atoms with E-state index in [4.69, 9.17) is 9.47 Å². The summed E-state index contributed by atoms with van der Waals surface area (Å²) in [6.07, 6.45) is 4.60. The SMILES string of the molecule is COc1ccc(OC)c(NC(=O)[C@H]2[C@@H](C(=O)O)[C@H]3C=C[C@@H]2C3)c1. The van der Waals surface area contributed by atoms with Crippen LogP contribution in [0.25, 0.3) is 0 Å². The molecule has 2 bridgehead atoms. The van der Waals surface area contributed by atoms with E-state index in [1.54, 1.807) is 18.2 Å². The Morgan fingerprint density at radius 2 is 1.83 bits per heavy atom. The van der Waals surface area contributed by atoms with Crippen LogP contribution in [0, 0.1) is 23.7 Å². The van der Waals surface area contributed by atoms with E-state index in [0.717, 1.165) is 6.42 Å². The summed E-state index contributed by atoms with van der Waals surface area (Å²) < 4.78 is 10.4. The highest BCUT2D eigenvalue weighted by molar-refractivity contribution is 5.97. The summed E-state index contributed by atoms with van der Waals surface area (Å²) in [6, 6.07) is 5.09. The highest BCUT2D eigenvalue weighted by Gasteiger charge is 2.51. The third kappa shape index (κ3) is 2.65. The van der Waals surface area contributed by atoms with Gasteiger partial charge in [0.25, 0.3) is 0 Å². The summed E-state index contributed by atoms with van der Waals surface area (Å²) in [5.41, 5.74) is 0.479. The number of allylic oxidation sites excluding steroid dienone is 2. The molecule has 23 heavy (non-hydrogen) atoms. The molecule has 2 N–H and O–H groups in total. The Kier molecular flexibility index (Phi) is 3.98. The average molecular weight is 317 g/mol. The molecule has 6 nitrogen and oxygen atoms in total. The normalized spacial score (nSPS) is 27.7. The molecule has 0 spiro atoms. The first-order valence-electron chi connectivity index (χ1n) is 7.49. The number of hydrogen-bond acceptors (Lipinski definition) is 4. The van der Waals surface area contributed by atoms with Gasteiger partial charge in [0.15, 0.2) is 0 Å². The number of nitrogens with one attached hydrogen (secondary N) is 1. The van der Waals surface area contributed by atoms with Crippen LogP contribution >= 0.6 is 0 Å². The van der Waals surface area contributed by atoms with Crippen molar-refractivity contribution in [3.63, 3.8) is 0 Å². The molecule has 2 aliphatic carbocycles. The number of carboxylic acids is 1. The maximum absolute atomic E-state index is 12.7. The van der Waals surface area contributed by atoms with Gasteiger partial charge < -0.3 is 19.9 Å². The number of fused-ring (bicyclic) bond motifs is 2. The molecule has 0 aromatic heterocycles. The number of aliphatic carboxylic acids is 1. The van der Waals surface area contributed by atoms with Gasteiger partial charge in [0.2, 0.25) is 5.91 Å². The summed E-state index contributed by atoms with van der Waals surface area (Å²) >= 11 is 0. The fraction of sp³-hybridized carbons (Fsp3) is 0.412. The second-order valence-electron chi connectivity index (χ2n) is 5.89. The fourth-order valence-electron chi connectivity index (χ4n) is 3.64. The van der Waals surface area contributed by atoms with Gasteiger partial charge in [-0.3, -0.25) is 9.59 Å². The van der Waals surface area contributed by atoms with Crippen LogP contribution in [0.1, 0.15) is 6.42 Å². The lowest BCUT2D eigenvalue weighted by Crippen LogP contribution is -2.36. The zero-order valence-corrected chi connectivity index (χ0v) is 13.0. The van der Waals surface area contributed by atoms with E-state index >= 15 is 0 Å². The molecular formula is C17H19NO5. The van der Waals surface area contributed by atoms with Crippen LogP contribution in [0.4, 0.5) is 5.69 Å². The lowest BCUT2D eigenvalue weighted by molar-refractivity contribution is -0.146. The Bertz CT molecular complexity index is 669. The Labute approximate surface area is 134 Å². The Balaban J connectivity index is 1.84. The third-order valence-corrected chi connectivity index (χ3v) is 4.71. The lowest BCUT2D eigenvalue weighted by atomic mass is 9.82. The van der Waals surface area contributed by atoms with Gasteiger partial charge in [-0.15, -0.1) is 0 Å². The van der Waals surface area contributed by atoms with Crippen LogP contribution in [0.2, 0.25) is 0 Å². The summed E-state index contributed by atoms with van der Waals surface area (Å²) in [4.78, 5) is 24.2. The maximum atomic E-state index is 12.7. The lowest BCUT2D eigenvalue weighted by Gasteiger charge is -2.24. The number of ether oxygens (including phenoxy) is 2. The molecule has 0 radical (unpaired) electrons. The Morgan fingerprint density at radius 3 is 2.43 bits per heavy atom. The van der Waals surface area contributed by atoms with Crippen LogP contribution in [-0.4, -0.2) is 31.2 Å². The number of amides is 1. The van der Waals surface area contributed by atoms with Crippen LogP contribution in [-0.2, 0) is 9.59 Å². The first kappa shape index (κ1) is 15.4. The fourth-order valence-corrected chi connectivity index (χ4v) is 3.64. The Morgan fingerprint density at radius 1 is 1.13 bits per heavy atom. The molecule has 1 fully saturated rings. The quantitative estimate of drug-likeness (QED) is 0.813. The number of carboxylic acid groups (broad SMARTS) is 1. The van der Waals surface area contributed by atoms with Crippen molar-refractivity contribution in [1.82, 2.24) is 0 Å². The van der Waals surface area contributed by atoms with Gasteiger partial charge in [0.05, 0.1) is 31.7 Å². The molecule has 1 aromatic rings. The van der Waals surface area contributed by atoms with Crippen molar-refractivity contribution in [2.45, 2.75) is 6.42 Å². The molecule has 0 aliphatic heterocycles. The molecule has 2 aliphatic rings. The van der Waals surface area contributed by atoms with E-state index in [1.807, 2.05) is 12.2 Å². The smallest absolute Gasteiger partial charge is 0.307 e. The molecular weight excluding hydrogens is 298 g/mol. The average Bonchev–Trinajstić information content (AvgIpc) is 3.15. The third-order valence-electron chi connectivity index (χ3n) is 4.71. The van der Waals surface area contributed by atoms with Crippen molar-refractivity contribution in [2.75, 3.05) is 19.5 Å². The zero-order valence-electron chi connectivity index (χ0n) is 13.0. The molecule has 1 saturated carbocycles. The topological polar surface area (TPSA) is 84.9 Å². The van der Waals surface area contributed by atoms with Gasteiger partial charge >= 0.3 is 5.97 Å². The highest BCUT2D eigenvalue weighted by Crippen LogP contribution is 2.48. The van der Waals surface area contributed by atoms with Crippen molar-refractivity contribution >= 4 is 17.6 Å². The molecule has 6 heteroatoms. The molecule has 0 saturated heterocycles. The molecule has 1 amide bonds. The maximum Gasteiger partial charge on any atom is 0.307 e. The van der Waals surface area contributed by atoms with E-state index in [9.17, 15) is 14.7 Å². The molecule has 1 aromatic carbocycles. The Hall–Kier alpha value is -2.50. The van der Waals surface area contributed by atoms with E-state index < -0.39 is 17.8 Å². The van der Waals surface area contributed by atoms with E-state index in [0.29, 0.717) is 17.2 Å². The van der Waals surface area contributed by atoms with Crippen molar-refractivity contribution in [3.8, 4) is 11.5 Å². The highest BCUT2D eigenvalue weighted by atomic mass is 16.5. The predicted molar refractivity (Wildman–Crippen MR) is 83.5 cm³/mol. The largest absolute Gasteiger partial charge is 0.497 e. The second-order valence-corrected chi connectivity index (χ2v) is 5.89. The van der Waals surface area contributed by atoms with Crippen molar-refractivity contribution in [3.05, 3.63) is 30.4 Å². The number of carbonyl (C=O) groups excluding carboxylic acids is 1. The number of carbonyl (C=O) groups is 2. The van der Waals surface area contributed by atoms with E-state index in [2.05, 4.69) is 5.32 Å². The zero-order chi connectivity index (χ0) is 16.6. The van der Waals surface area contributed by atoms with E-state index in [-0.39, 0.29) is 17.7 Å². The number of methoxy groups -OCH3 is 2. The first-order valence-corrected chi connectivity index (χ1v) is 7.49. The van der Waals surface area contributed by atoms with Crippen LogP contribution < -0.4 is 14.8 Å². The van der Waals surface area contributed by atoms with Gasteiger partial charge in [-0.1, -0.05) is 12.2 Å². The van der Waals surface area contributed by atoms with Gasteiger partial charge in [0, 0.05) is 6.07 Å². The summed E-state index contributed by atoms with van der Waals surface area (Å²) in [7, 11) is 3.05. The number of hydrogen-bond donors (Lipinski definition) is 2. The number of benzene rings is 1. The molecule has 4 atom stereocenters. The van der Waals surface area contributed by atoms with Crippen LogP contribution in [0.5, 0.6) is 11.5 Å². The standard InChI is InChI=1S/C17H19NO5/c1-22-11-5-6-13(23-2)12(8-11)18-16(19)14-9-3-4-10(7-9)15(14)17(20)21/h3-6,8-10,14-15H,7H2,1-2H3,(H,18,19)(H,20,21)/t9-,10+,14-,15+/m1/s1. The van der Waals surface area contributed by atoms with Crippen LogP contribution in [0.15, 0.2) is 30.4 Å². The monoisotopic (exact) mass is 317 g/mol. The minimum Gasteiger partial charge on any atom is -0.497 e. The minimum absolute atomic E-state index is 0.0160. The molecule has 3 rings (SSSR count). The van der Waals surface area contributed by atoms with Crippen LogP contribution in [0.3, 0.4) is 0 Å². The molecule has 0 heterocycles. The molecule has 122 valence electrons. The van der Waals surface area contributed by atoms with Gasteiger partial charge in [0.1, 0.15) is 11.5 Å². The van der Waals surface area contributed by atoms with E-state index in [1.165, 1.54) is 14.2 Å².